The van der Waals surface area contributed by atoms with Crippen LogP contribution in [0.15, 0.2) is 48.8 Å². The number of hydrogen-bond donors (Lipinski definition) is 4. The van der Waals surface area contributed by atoms with Crippen LogP contribution in [0.2, 0.25) is 10.0 Å². The lowest BCUT2D eigenvalue weighted by atomic mass is 9.41. The van der Waals surface area contributed by atoms with Gasteiger partial charge in [-0.3, -0.25) is 14.8 Å². The number of ether oxygens (including phenoxy) is 2. The zero-order valence-corrected chi connectivity index (χ0v) is 28.3. The third-order valence-corrected chi connectivity index (χ3v) is 10.3. The van der Waals surface area contributed by atoms with Crippen LogP contribution in [0.25, 0.3) is 33.6 Å². The molecule has 8 rings (SSSR count). The molecule has 11 nitrogen and oxygen atoms in total. The first-order valence-electron chi connectivity index (χ1n) is 16.0. The van der Waals surface area contributed by atoms with Gasteiger partial charge in [0, 0.05) is 60.9 Å². The number of halogens is 2. The molecule has 0 unspecified atom stereocenters. The Kier molecular flexibility index (Phi) is 8.99. The SMILES string of the molecule is COc1nc(-c2cccc(-c3cccc(-c4cnc(CNCC56CC(O)(C5)C6)c(OC)n4)c3Cl)c2Cl)cnc1CNC[C@@H]1CCC(=O)N1. The summed E-state index contributed by atoms with van der Waals surface area (Å²) in [5.74, 6) is 0.899. The van der Waals surface area contributed by atoms with E-state index in [4.69, 9.17) is 42.6 Å². The fourth-order valence-electron chi connectivity index (χ4n) is 7.27. The summed E-state index contributed by atoms with van der Waals surface area (Å²) in [6.07, 6.45) is 7.35. The van der Waals surface area contributed by atoms with Crippen molar-refractivity contribution in [2.24, 2.45) is 5.41 Å². The van der Waals surface area contributed by atoms with Crippen molar-refractivity contribution < 1.29 is 19.4 Å². The molecule has 4 N–H and O–H groups in total. The monoisotopic (exact) mass is 689 g/mol. The maximum absolute atomic E-state index is 11.5. The van der Waals surface area contributed by atoms with Gasteiger partial charge in [-0.05, 0) is 31.1 Å². The Morgan fingerprint density at radius 3 is 1.85 bits per heavy atom. The summed E-state index contributed by atoms with van der Waals surface area (Å²) in [5.41, 5.74) is 5.13. The smallest absolute Gasteiger partial charge is 0.237 e. The Morgan fingerprint density at radius 2 is 1.38 bits per heavy atom. The number of hydrogen-bond acceptors (Lipinski definition) is 10. The Hall–Kier alpha value is -3.87. The Labute approximate surface area is 288 Å². The average molecular weight is 691 g/mol. The van der Waals surface area contributed by atoms with E-state index < -0.39 is 5.60 Å². The van der Waals surface area contributed by atoms with E-state index in [1.807, 2.05) is 36.4 Å². The van der Waals surface area contributed by atoms with E-state index in [1.54, 1.807) is 26.6 Å². The third kappa shape index (κ3) is 6.33. The van der Waals surface area contributed by atoms with Crippen molar-refractivity contribution in [1.82, 2.24) is 35.9 Å². The fraction of sp³-hybridized carbons (Fsp3) is 0.400. The minimum Gasteiger partial charge on any atom is -0.480 e. The van der Waals surface area contributed by atoms with Crippen LogP contribution in [-0.2, 0) is 17.9 Å². The largest absolute Gasteiger partial charge is 0.480 e. The van der Waals surface area contributed by atoms with Crippen molar-refractivity contribution in [3.8, 4) is 45.4 Å². The molecule has 4 aliphatic rings. The van der Waals surface area contributed by atoms with Crippen LogP contribution >= 0.6 is 23.2 Å². The number of aromatic nitrogens is 4. The summed E-state index contributed by atoms with van der Waals surface area (Å²) >= 11 is 14.1. The van der Waals surface area contributed by atoms with Gasteiger partial charge in [0.25, 0.3) is 0 Å². The normalized spacial score (nSPS) is 22.5. The first kappa shape index (κ1) is 32.7. The van der Waals surface area contributed by atoms with E-state index in [1.165, 1.54) is 0 Å². The highest BCUT2D eigenvalue weighted by Gasteiger charge is 2.66. The van der Waals surface area contributed by atoms with Gasteiger partial charge >= 0.3 is 0 Å². The van der Waals surface area contributed by atoms with Crippen molar-refractivity contribution in [2.45, 2.75) is 56.8 Å². The number of carbonyl (C=O) groups is 1. The van der Waals surface area contributed by atoms with Gasteiger partial charge < -0.3 is 30.5 Å². The van der Waals surface area contributed by atoms with E-state index in [0.29, 0.717) is 81.8 Å². The second-order valence-electron chi connectivity index (χ2n) is 13.0. The molecule has 250 valence electrons. The first-order chi connectivity index (χ1) is 23.2. The first-order valence-corrected chi connectivity index (χ1v) is 16.8. The lowest BCUT2D eigenvalue weighted by Crippen LogP contribution is -2.69. The molecule has 2 aromatic carbocycles. The molecular formula is C35H37Cl2N7O4. The number of benzene rings is 2. The summed E-state index contributed by atoms with van der Waals surface area (Å²) in [5, 5.41) is 20.7. The molecule has 13 heteroatoms. The molecule has 1 saturated heterocycles. The van der Waals surface area contributed by atoms with Crippen LogP contribution in [0.1, 0.15) is 43.5 Å². The zero-order valence-electron chi connectivity index (χ0n) is 26.8. The van der Waals surface area contributed by atoms with Crippen LogP contribution in [0.3, 0.4) is 0 Å². The number of rotatable bonds is 13. The molecule has 3 heterocycles. The maximum Gasteiger partial charge on any atom is 0.237 e. The molecule has 0 spiro atoms. The van der Waals surface area contributed by atoms with Crippen LogP contribution in [-0.4, -0.2) is 69.9 Å². The number of carbonyl (C=O) groups excluding carboxylic acids is 1. The number of nitrogens with zero attached hydrogens (tertiary/aromatic N) is 4. The molecule has 2 aromatic heterocycles. The van der Waals surface area contributed by atoms with Gasteiger partial charge in [0.15, 0.2) is 0 Å². The lowest BCUT2D eigenvalue weighted by molar-refractivity contribution is -0.256. The zero-order chi connectivity index (χ0) is 33.5. The van der Waals surface area contributed by atoms with E-state index in [0.717, 1.165) is 43.4 Å². The standard InChI is InChI=1S/C35H37Cl2N7O4/c1-47-32-27(12-38-11-20-9-10-29(45)42-20)40-14-25(43-32)23-7-3-5-21(30(23)36)22-6-4-8-24(31(22)37)26-15-41-28(33(44-26)48-2)13-39-19-34-16-35(46,17-34)18-34/h3-8,14-15,20,38-39,46H,9-13,16-19H2,1-2H3,(H,42,45)/t20-,34?,35?/m0/s1. The molecule has 4 aromatic rings. The van der Waals surface area contributed by atoms with Crippen molar-refractivity contribution in [2.75, 3.05) is 27.3 Å². The fourth-order valence-corrected chi connectivity index (χ4v) is 7.92. The number of nitrogens with one attached hydrogen (secondary N) is 3. The minimum absolute atomic E-state index is 0.0836. The predicted molar refractivity (Wildman–Crippen MR) is 183 cm³/mol. The number of amides is 1. The van der Waals surface area contributed by atoms with Crippen molar-refractivity contribution in [1.29, 1.82) is 0 Å². The number of aliphatic hydroxyl groups is 1. The molecule has 3 saturated carbocycles. The highest BCUT2D eigenvalue weighted by molar-refractivity contribution is 6.39. The summed E-state index contributed by atoms with van der Waals surface area (Å²) in [6, 6.07) is 11.5. The average Bonchev–Trinajstić information content (AvgIpc) is 3.48. The van der Waals surface area contributed by atoms with Gasteiger partial charge in [-0.15, -0.1) is 0 Å². The number of methoxy groups -OCH3 is 2. The van der Waals surface area contributed by atoms with Gasteiger partial charge in [-0.1, -0.05) is 59.6 Å². The Bertz CT molecular complexity index is 1850. The topological polar surface area (TPSA) is 143 Å². The van der Waals surface area contributed by atoms with E-state index >= 15 is 0 Å². The molecular weight excluding hydrogens is 653 g/mol. The molecule has 2 bridgehead atoms. The highest BCUT2D eigenvalue weighted by Crippen LogP contribution is 2.66. The molecule has 1 atom stereocenters. The van der Waals surface area contributed by atoms with Crippen LogP contribution < -0.4 is 25.4 Å². The van der Waals surface area contributed by atoms with Crippen LogP contribution in [0, 0.1) is 5.41 Å². The van der Waals surface area contributed by atoms with Gasteiger partial charge in [0.1, 0.15) is 11.4 Å². The summed E-state index contributed by atoms with van der Waals surface area (Å²) in [6.45, 7) is 2.42. The predicted octanol–water partition coefficient (Wildman–Crippen LogP) is 4.96. The highest BCUT2D eigenvalue weighted by atomic mass is 35.5. The third-order valence-electron chi connectivity index (χ3n) is 9.52. The van der Waals surface area contributed by atoms with Crippen LogP contribution in [0.4, 0.5) is 0 Å². The van der Waals surface area contributed by atoms with Gasteiger partial charge in [-0.2, -0.15) is 0 Å². The Balaban J connectivity index is 1.09. The second kappa shape index (κ2) is 13.2. The van der Waals surface area contributed by atoms with Crippen molar-refractivity contribution in [3.63, 3.8) is 0 Å². The van der Waals surface area contributed by atoms with Crippen molar-refractivity contribution >= 4 is 29.1 Å². The molecule has 1 amide bonds. The molecule has 0 radical (unpaired) electrons. The summed E-state index contributed by atoms with van der Waals surface area (Å²) in [4.78, 5) is 30.2. The lowest BCUT2D eigenvalue weighted by Gasteiger charge is -2.68. The molecule has 1 aliphatic heterocycles. The van der Waals surface area contributed by atoms with E-state index in [9.17, 15) is 9.90 Å². The van der Waals surface area contributed by atoms with Gasteiger partial charge in [-0.25, -0.2) is 9.97 Å². The molecule has 3 aliphatic carbocycles. The van der Waals surface area contributed by atoms with Gasteiger partial charge in [0.2, 0.25) is 17.7 Å². The summed E-state index contributed by atoms with van der Waals surface area (Å²) in [7, 11) is 3.14. The molecule has 4 fully saturated rings. The van der Waals surface area contributed by atoms with E-state index in [2.05, 4.69) is 25.9 Å². The van der Waals surface area contributed by atoms with Gasteiger partial charge in [0.05, 0.1) is 53.6 Å². The maximum atomic E-state index is 11.5. The summed E-state index contributed by atoms with van der Waals surface area (Å²) < 4.78 is 11.2. The van der Waals surface area contributed by atoms with Crippen LogP contribution in [0.5, 0.6) is 11.8 Å². The molecule has 48 heavy (non-hydrogen) atoms. The second-order valence-corrected chi connectivity index (χ2v) is 13.8. The van der Waals surface area contributed by atoms with E-state index in [-0.39, 0.29) is 17.4 Å². The Morgan fingerprint density at radius 1 is 0.854 bits per heavy atom. The quantitative estimate of drug-likeness (QED) is 0.152. The van der Waals surface area contributed by atoms with Crippen molar-refractivity contribution in [3.05, 3.63) is 70.2 Å². The minimum atomic E-state index is -0.414.